The molecule has 0 saturated heterocycles. The van der Waals surface area contributed by atoms with E-state index in [1.165, 1.54) is 12.8 Å². The molecule has 1 saturated carbocycles. The molecule has 1 aliphatic carbocycles. The lowest BCUT2D eigenvalue weighted by Gasteiger charge is -2.13. The molecule has 0 heterocycles. The van der Waals surface area contributed by atoms with Gasteiger partial charge in [-0.25, -0.2) is 0 Å². The Morgan fingerprint density at radius 1 is 1.53 bits per heavy atom. The number of anilines is 1. The van der Waals surface area contributed by atoms with E-state index in [1.54, 1.807) is 12.1 Å². The average Bonchev–Trinajstić information content (AvgIpc) is 2.96. The van der Waals surface area contributed by atoms with Crippen molar-refractivity contribution < 1.29 is 4.39 Å². The fraction of sp³-hybridized carbons (Fsp3) is 0.462. The minimum absolute atomic E-state index is 0.246. The number of hydrogen-bond donors (Lipinski definition) is 3. The Labute approximate surface area is 101 Å². The highest BCUT2D eigenvalue weighted by Gasteiger charge is 2.36. The second-order valence-corrected chi connectivity index (χ2v) is 4.93. The van der Waals surface area contributed by atoms with Gasteiger partial charge < -0.3 is 11.1 Å². The molecule has 0 bridgehead atoms. The lowest BCUT2D eigenvalue weighted by Crippen LogP contribution is -2.30. The van der Waals surface area contributed by atoms with Gasteiger partial charge in [-0.05, 0) is 44.4 Å². The largest absolute Gasteiger partial charge is 0.398 e. The van der Waals surface area contributed by atoms with Crippen LogP contribution in [0.4, 0.5) is 10.1 Å². The van der Waals surface area contributed by atoms with Crippen molar-refractivity contribution in [3.8, 4) is 0 Å². The van der Waals surface area contributed by atoms with E-state index in [1.807, 2.05) is 6.07 Å². The maximum atomic E-state index is 13.1. The molecule has 1 fully saturated rings. The molecule has 0 amide bonds. The Kier molecular flexibility index (Phi) is 3.15. The smallest absolute Gasteiger partial charge is 0.215 e. The van der Waals surface area contributed by atoms with E-state index >= 15 is 0 Å². The first-order valence-electron chi connectivity index (χ1n) is 5.89. The van der Waals surface area contributed by atoms with Gasteiger partial charge in [0.05, 0.1) is 5.56 Å². The molecule has 2 rings (SSSR count). The van der Waals surface area contributed by atoms with Crippen LogP contribution in [0.5, 0.6) is 0 Å². The standard InChI is InChI=1S/C13H18FN3/c1-13(6-7-13)17-8-5-9-3-2-4-10(15)11(9)12(14)16/h2-4,16-17H,5-8,15H2,1H3. The number of nitrogens with two attached hydrogens (primary N) is 1. The Hall–Kier alpha value is -1.42. The molecule has 1 aliphatic rings. The summed E-state index contributed by atoms with van der Waals surface area (Å²) in [7, 11) is 0. The second-order valence-electron chi connectivity index (χ2n) is 4.93. The fourth-order valence-electron chi connectivity index (χ4n) is 1.96. The maximum Gasteiger partial charge on any atom is 0.215 e. The first-order valence-corrected chi connectivity index (χ1v) is 5.89. The van der Waals surface area contributed by atoms with Crippen LogP contribution < -0.4 is 11.1 Å². The summed E-state index contributed by atoms with van der Waals surface area (Å²) < 4.78 is 13.1. The average molecular weight is 235 g/mol. The number of benzene rings is 1. The summed E-state index contributed by atoms with van der Waals surface area (Å²) in [5.41, 5.74) is 7.36. The number of nitrogen functional groups attached to an aromatic ring is 1. The normalized spacial score (nSPS) is 16.8. The van der Waals surface area contributed by atoms with Crippen LogP contribution in [0.1, 0.15) is 30.9 Å². The summed E-state index contributed by atoms with van der Waals surface area (Å²) in [4.78, 5) is 0. The Balaban J connectivity index is 2.04. The van der Waals surface area contributed by atoms with E-state index in [-0.39, 0.29) is 11.1 Å². The van der Waals surface area contributed by atoms with Gasteiger partial charge in [0.15, 0.2) is 0 Å². The van der Waals surface area contributed by atoms with Crippen molar-refractivity contribution in [3.63, 3.8) is 0 Å². The quantitative estimate of drug-likeness (QED) is 0.541. The van der Waals surface area contributed by atoms with Crippen LogP contribution in [0.3, 0.4) is 0 Å². The lowest BCUT2D eigenvalue weighted by atomic mass is 10.0. The van der Waals surface area contributed by atoms with Crippen LogP contribution in [0.15, 0.2) is 18.2 Å². The van der Waals surface area contributed by atoms with Crippen molar-refractivity contribution in [1.82, 2.24) is 5.32 Å². The molecule has 0 aromatic heterocycles. The Bertz CT molecular complexity index is 438. The first-order chi connectivity index (χ1) is 8.02. The van der Waals surface area contributed by atoms with Crippen molar-refractivity contribution in [2.75, 3.05) is 12.3 Å². The number of hydrogen-bond acceptors (Lipinski definition) is 3. The van der Waals surface area contributed by atoms with Gasteiger partial charge in [-0.2, -0.15) is 4.39 Å². The summed E-state index contributed by atoms with van der Waals surface area (Å²) in [6, 6.07) is 5.26. The SMILES string of the molecule is CC1(NCCc2cccc(N)c2C(=N)F)CC1. The molecule has 92 valence electrons. The van der Waals surface area contributed by atoms with Gasteiger partial charge in [-0.1, -0.05) is 12.1 Å². The van der Waals surface area contributed by atoms with Gasteiger partial charge in [0.2, 0.25) is 5.97 Å². The third kappa shape index (κ3) is 2.82. The van der Waals surface area contributed by atoms with Crippen molar-refractivity contribution in [2.24, 2.45) is 0 Å². The topological polar surface area (TPSA) is 61.9 Å². The van der Waals surface area contributed by atoms with Gasteiger partial charge in [0.25, 0.3) is 0 Å². The minimum Gasteiger partial charge on any atom is -0.398 e. The molecule has 0 spiro atoms. The number of nitrogens with one attached hydrogen (secondary N) is 2. The van der Waals surface area contributed by atoms with E-state index < -0.39 is 5.97 Å². The molecule has 0 atom stereocenters. The molecule has 4 N–H and O–H groups in total. The second kappa shape index (κ2) is 4.45. The molecule has 17 heavy (non-hydrogen) atoms. The first kappa shape index (κ1) is 12.0. The highest BCUT2D eigenvalue weighted by Crippen LogP contribution is 2.34. The zero-order valence-corrected chi connectivity index (χ0v) is 10.0. The number of rotatable bonds is 5. The molecule has 1 aromatic carbocycles. The third-order valence-corrected chi connectivity index (χ3v) is 3.35. The van der Waals surface area contributed by atoms with Gasteiger partial charge in [0, 0.05) is 11.2 Å². The number of halogens is 1. The molecular weight excluding hydrogens is 217 g/mol. The van der Waals surface area contributed by atoms with Crippen LogP contribution in [0, 0.1) is 5.41 Å². The Morgan fingerprint density at radius 2 is 2.24 bits per heavy atom. The molecule has 4 heteroatoms. The zero-order chi connectivity index (χ0) is 12.5. The monoisotopic (exact) mass is 235 g/mol. The summed E-state index contributed by atoms with van der Waals surface area (Å²) in [6.07, 6.45) is 3.10. The molecule has 0 aliphatic heterocycles. The summed E-state index contributed by atoms with van der Waals surface area (Å²) in [6.45, 7) is 2.98. The summed E-state index contributed by atoms with van der Waals surface area (Å²) in [5.74, 6) is -0.948. The minimum atomic E-state index is -0.948. The van der Waals surface area contributed by atoms with Crippen LogP contribution in [0.2, 0.25) is 0 Å². The highest BCUT2D eigenvalue weighted by atomic mass is 19.1. The maximum absolute atomic E-state index is 13.1. The molecule has 1 aromatic rings. The van der Waals surface area contributed by atoms with Crippen molar-refractivity contribution in [3.05, 3.63) is 29.3 Å². The van der Waals surface area contributed by atoms with Crippen LogP contribution >= 0.6 is 0 Å². The van der Waals surface area contributed by atoms with E-state index in [0.717, 1.165) is 12.1 Å². The van der Waals surface area contributed by atoms with E-state index in [0.29, 0.717) is 12.1 Å². The van der Waals surface area contributed by atoms with Gasteiger partial charge in [0.1, 0.15) is 0 Å². The van der Waals surface area contributed by atoms with Crippen LogP contribution in [0.25, 0.3) is 0 Å². The fourth-order valence-corrected chi connectivity index (χ4v) is 1.96. The van der Waals surface area contributed by atoms with Gasteiger partial charge in [-0.15, -0.1) is 0 Å². The molecule has 0 radical (unpaired) electrons. The lowest BCUT2D eigenvalue weighted by molar-refractivity contribution is 0.541. The molecule has 3 nitrogen and oxygen atoms in total. The van der Waals surface area contributed by atoms with Gasteiger partial charge >= 0.3 is 0 Å². The summed E-state index contributed by atoms with van der Waals surface area (Å²) in [5, 5.41) is 10.6. The predicted octanol–water partition coefficient (Wildman–Crippen LogP) is 2.25. The van der Waals surface area contributed by atoms with Crippen LogP contribution in [-0.4, -0.2) is 18.0 Å². The Morgan fingerprint density at radius 3 is 2.82 bits per heavy atom. The molecular formula is C13H18FN3. The van der Waals surface area contributed by atoms with Crippen LogP contribution in [-0.2, 0) is 6.42 Å². The van der Waals surface area contributed by atoms with E-state index in [4.69, 9.17) is 11.1 Å². The van der Waals surface area contributed by atoms with E-state index in [2.05, 4.69) is 12.2 Å². The van der Waals surface area contributed by atoms with Crippen molar-refractivity contribution in [1.29, 1.82) is 5.41 Å². The van der Waals surface area contributed by atoms with Crippen molar-refractivity contribution in [2.45, 2.75) is 31.7 Å². The van der Waals surface area contributed by atoms with Gasteiger partial charge in [-0.3, -0.25) is 5.41 Å². The van der Waals surface area contributed by atoms with E-state index in [9.17, 15) is 4.39 Å². The zero-order valence-electron chi connectivity index (χ0n) is 10.0. The van der Waals surface area contributed by atoms with Crippen molar-refractivity contribution >= 4 is 11.7 Å². The predicted molar refractivity (Wildman–Crippen MR) is 68.1 cm³/mol. The third-order valence-electron chi connectivity index (χ3n) is 3.35. The highest BCUT2D eigenvalue weighted by molar-refractivity contribution is 5.97. The molecule has 0 unspecified atom stereocenters. The summed E-state index contributed by atoms with van der Waals surface area (Å²) >= 11 is 0.